The van der Waals surface area contributed by atoms with Crippen LogP contribution in [0.2, 0.25) is 5.15 Å². The highest BCUT2D eigenvalue weighted by atomic mass is 35.5. The molecule has 0 bridgehead atoms. The summed E-state index contributed by atoms with van der Waals surface area (Å²) in [6.07, 6.45) is 2.39. The summed E-state index contributed by atoms with van der Waals surface area (Å²) in [5.41, 5.74) is 0.451. The molecule has 0 aliphatic heterocycles. The number of rotatable bonds is 4. The highest BCUT2D eigenvalue weighted by molar-refractivity contribution is 7.89. The minimum absolute atomic E-state index is 0.0698. The third kappa shape index (κ3) is 3.44. The standard InChI is InChI=1S/C9H13ClN2O2S/c1-2-3-4-7-8(15(11,13)14)5-6-9(10)12-7/h5-6H,2-4H2,1H3,(H2,11,13,14). The van der Waals surface area contributed by atoms with E-state index >= 15 is 0 Å². The highest BCUT2D eigenvalue weighted by Crippen LogP contribution is 2.17. The van der Waals surface area contributed by atoms with Gasteiger partial charge in [-0.05, 0) is 25.0 Å². The molecule has 1 heterocycles. The summed E-state index contributed by atoms with van der Waals surface area (Å²) in [7, 11) is -3.70. The number of pyridine rings is 1. The van der Waals surface area contributed by atoms with E-state index in [1.807, 2.05) is 6.92 Å². The summed E-state index contributed by atoms with van der Waals surface area (Å²) in [6.45, 7) is 2.02. The molecule has 84 valence electrons. The number of hydrogen-bond donors (Lipinski definition) is 1. The van der Waals surface area contributed by atoms with Crippen molar-refractivity contribution in [2.24, 2.45) is 5.14 Å². The van der Waals surface area contributed by atoms with Gasteiger partial charge in [-0.2, -0.15) is 0 Å². The lowest BCUT2D eigenvalue weighted by Gasteiger charge is -2.06. The molecule has 2 N–H and O–H groups in total. The Bertz CT molecular complexity index is 445. The van der Waals surface area contributed by atoms with Gasteiger partial charge in [0.1, 0.15) is 10.0 Å². The van der Waals surface area contributed by atoms with Crippen molar-refractivity contribution in [1.82, 2.24) is 4.98 Å². The first-order valence-corrected chi connectivity index (χ1v) is 6.55. The average Bonchev–Trinajstić information content (AvgIpc) is 2.12. The van der Waals surface area contributed by atoms with Crippen molar-refractivity contribution >= 4 is 21.6 Å². The summed E-state index contributed by atoms with van der Waals surface area (Å²) in [4.78, 5) is 4.05. The maximum atomic E-state index is 11.2. The van der Waals surface area contributed by atoms with Crippen molar-refractivity contribution in [1.29, 1.82) is 0 Å². The van der Waals surface area contributed by atoms with Gasteiger partial charge in [-0.15, -0.1) is 0 Å². The lowest BCUT2D eigenvalue weighted by molar-refractivity contribution is 0.595. The van der Waals surface area contributed by atoms with Gasteiger partial charge in [-0.3, -0.25) is 0 Å². The van der Waals surface area contributed by atoms with Crippen molar-refractivity contribution in [2.45, 2.75) is 31.1 Å². The summed E-state index contributed by atoms with van der Waals surface area (Å²) >= 11 is 5.70. The average molecular weight is 249 g/mol. The topological polar surface area (TPSA) is 73.0 Å². The summed E-state index contributed by atoms with van der Waals surface area (Å²) in [5.74, 6) is 0. The number of nitrogens with two attached hydrogens (primary N) is 1. The van der Waals surface area contributed by atoms with Gasteiger partial charge >= 0.3 is 0 Å². The third-order valence-electron chi connectivity index (χ3n) is 1.97. The number of primary sulfonamides is 1. The number of nitrogens with zero attached hydrogens (tertiary/aromatic N) is 1. The zero-order valence-corrected chi connectivity index (χ0v) is 9.98. The van der Waals surface area contributed by atoms with Gasteiger partial charge in [-0.25, -0.2) is 18.5 Å². The number of unbranched alkanes of at least 4 members (excludes halogenated alkanes) is 1. The van der Waals surface area contributed by atoms with Crippen LogP contribution in [0.15, 0.2) is 17.0 Å². The van der Waals surface area contributed by atoms with Gasteiger partial charge in [0, 0.05) is 0 Å². The van der Waals surface area contributed by atoms with Crippen LogP contribution in [-0.4, -0.2) is 13.4 Å². The molecule has 1 aromatic rings. The van der Waals surface area contributed by atoms with Crippen molar-refractivity contribution in [3.63, 3.8) is 0 Å². The van der Waals surface area contributed by atoms with E-state index in [2.05, 4.69) is 4.98 Å². The van der Waals surface area contributed by atoms with Gasteiger partial charge in [-0.1, -0.05) is 24.9 Å². The molecule has 15 heavy (non-hydrogen) atoms. The molecule has 0 fully saturated rings. The molecule has 0 radical (unpaired) electrons. The van der Waals surface area contributed by atoms with E-state index < -0.39 is 10.0 Å². The minimum atomic E-state index is -3.70. The molecule has 1 aromatic heterocycles. The lowest BCUT2D eigenvalue weighted by Crippen LogP contribution is -2.15. The van der Waals surface area contributed by atoms with Crippen LogP contribution >= 0.6 is 11.6 Å². The summed E-state index contributed by atoms with van der Waals surface area (Å²) in [6, 6.07) is 2.83. The van der Waals surface area contributed by atoms with Gasteiger partial charge in [0.05, 0.1) is 5.69 Å². The Labute approximate surface area is 94.5 Å². The molecule has 0 aliphatic rings. The van der Waals surface area contributed by atoms with Gasteiger partial charge in [0.2, 0.25) is 10.0 Å². The molecule has 0 unspecified atom stereocenters. The zero-order chi connectivity index (χ0) is 11.5. The Balaban J connectivity index is 3.15. The van der Waals surface area contributed by atoms with Gasteiger partial charge in [0.25, 0.3) is 0 Å². The molecule has 0 saturated carbocycles. The first-order chi connectivity index (χ1) is 6.95. The summed E-state index contributed by atoms with van der Waals surface area (Å²) in [5, 5.41) is 5.35. The second-order valence-electron chi connectivity index (χ2n) is 3.23. The molecule has 0 aliphatic carbocycles. The molecule has 4 nitrogen and oxygen atoms in total. The zero-order valence-electron chi connectivity index (χ0n) is 8.40. The van der Waals surface area contributed by atoms with E-state index in [1.54, 1.807) is 0 Å². The van der Waals surface area contributed by atoms with E-state index in [1.165, 1.54) is 12.1 Å². The lowest BCUT2D eigenvalue weighted by atomic mass is 10.2. The molecular weight excluding hydrogens is 236 g/mol. The SMILES string of the molecule is CCCCc1nc(Cl)ccc1S(N)(=O)=O. The fraction of sp³-hybridized carbons (Fsp3) is 0.444. The van der Waals surface area contributed by atoms with E-state index in [4.69, 9.17) is 16.7 Å². The monoisotopic (exact) mass is 248 g/mol. The molecule has 1 rings (SSSR count). The fourth-order valence-corrected chi connectivity index (χ4v) is 2.14. The van der Waals surface area contributed by atoms with Crippen molar-refractivity contribution < 1.29 is 8.42 Å². The second-order valence-corrected chi connectivity index (χ2v) is 5.14. The third-order valence-corrected chi connectivity index (χ3v) is 3.17. The first kappa shape index (κ1) is 12.4. The largest absolute Gasteiger partial charge is 0.240 e. The molecular formula is C9H13ClN2O2S. The quantitative estimate of drug-likeness (QED) is 0.825. The van der Waals surface area contributed by atoms with Crippen LogP contribution in [0, 0.1) is 0 Å². The first-order valence-electron chi connectivity index (χ1n) is 4.63. The van der Waals surface area contributed by atoms with Gasteiger partial charge in [0.15, 0.2) is 0 Å². The van der Waals surface area contributed by atoms with Crippen molar-refractivity contribution in [2.75, 3.05) is 0 Å². The Hall–Kier alpha value is -0.650. The molecule has 0 spiro atoms. The molecule has 0 amide bonds. The number of aryl methyl sites for hydroxylation is 1. The Kier molecular flexibility index (Phi) is 4.07. The van der Waals surface area contributed by atoms with Crippen LogP contribution in [0.4, 0.5) is 0 Å². The minimum Gasteiger partial charge on any atom is -0.240 e. The van der Waals surface area contributed by atoms with Crippen LogP contribution in [0.3, 0.4) is 0 Å². The predicted octanol–water partition coefficient (Wildman–Crippen LogP) is 1.72. The normalized spacial score (nSPS) is 11.7. The predicted molar refractivity (Wildman–Crippen MR) is 59.2 cm³/mol. The Morgan fingerprint density at radius 1 is 1.47 bits per heavy atom. The molecule has 0 aromatic carbocycles. The fourth-order valence-electron chi connectivity index (χ4n) is 1.24. The van der Waals surface area contributed by atoms with Gasteiger partial charge < -0.3 is 0 Å². The smallest absolute Gasteiger partial charge is 0.239 e. The van der Waals surface area contributed by atoms with Crippen LogP contribution < -0.4 is 5.14 Å². The number of hydrogen-bond acceptors (Lipinski definition) is 3. The second kappa shape index (κ2) is 4.92. The van der Waals surface area contributed by atoms with E-state index in [9.17, 15) is 8.42 Å². The van der Waals surface area contributed by atoms with Crippen LogP contribution in [-0.2, 0) is 16.4 Å². The number of halogens is 1. The Morgan fingerprint density at radius 3 is 2.67 bits per heavy atom. The van der Waals surface area contributed by atoms with E-state index in [0.717, 1.165) is 12.8 Å². The van der Waals surface area contributed by atoms with Crippen LogP contribution in [0.25, 0.3) is 0 Å². The highest BCUT2D eigenvalue weighted by Gasteiger charge is 2.14. The maximum Gasteiger partial charge on any atom is 0.239 e. The molecule has 0 saturated heterocycles. The van der Waals surface area contributed by atoms with Crippen molar-refractivity contribution in [3.05, 3.63) is 23.0 Å². The van der Waals surface area contributed by atoms with Crippen LogP contribution in [0.1, 0.15) is 25.5 Å². The number of sulfonamides is 1. The Morgan fingerprint density at radius 2 is 2.13 bits per heavy atom. The summed E-state index contributed by atoms with van der Waals surface area (Å²) < 4.78 is 22.4. The van der Waals surface area contributed by atoms with Crippen molar-refractivity contribution in [3.8, 4) is 0 Å². The molecule has 0 atom stereocenters. The maximum absolute atomic E-state index is 11.2. The van der Waals surface area contributed by atoms with Crippen LogP contribution in [0.5, 0.6) is 0 Å². The van der Waals surface area contributed by atoms with E-state index in [0.29, 0.717) is 12.1 Å². The number of aromatic nitrogens is 1. The van der Waals surface area contributed by atoms with E-state index in [-0.39, 0.29) is 10.0 Å². The molecule has 6 heteroatoms.